The van der Waals surface area contributed by atoms with Gasteiger partial charge in [-0.2, -0.15) is 0 Å². The molecule has 0 unspecified atom stereocenters. The van der Waals surface area contributed by atoms with E-state index < -0.39 is 0 Å². The Kier molecular flexibility index (Phi) is 3.85. The number of rotatable bonds is 4. The van der Waals surface area contributed by atoms with Gasteiger partial charge in [0, 0.05) is 11.6 Å². The van der Waals surface area contributed by atoms with Crippen molar-refractivity contribution in [2.45, 2.75) is 13.0 Å². The lowest BCUT2D eigenvalue weighted by Gasteiger charge is -2.12. The van der Waals surface area contributed by atoms with Gasteiger partial charge in [-0.25, -0.2) is 0 Å². The minimum Gasteiger partial charge on any atom is -0.454 e. The summed E-state index contributed by atoms with van der Waals surface area (Å²) in [6.45, 7) is 2.13. The number of nitrogens with one attached hydrogen (secondary N) is 1. The van der Waals surface area contributed by atoms with Crippen LogP contribution in [0.15, 0.2) is 59.1 Å². The normalized spacial score (nSPS) is 13.5. The Morgan fingerprint density at radius 3 is 2.72 bits per heavy atom. The number of benzene rings is 2. The van der Waals surface area contributed by atoms with Gasteiger partial charge in [0.05, 0.1) is 6.04 Å². The zero-order chi connectivity index (χ0) is 17.2. The fourth-order valence-corrected chi connectivity index (χ4v) is 2.66. The van der Waals surface area contributed by atoms with Crippen LogP contribution in [0.4, 0.5) is 0 Å². The molecule has 2 heterocycles. The van der Waals surface area contributed by atoms with Crippen molar-refractivity contribution in [3.05, 3.63) is 65.9 Å². The highest BCUT2D eigenvalue weighted by molar-refractivity contribution is 5.93. The molecule has 0 saturated carbocycles. The molecule has 1 atom stereocenters. The Bertz CT molecular complexity index is 905. The molecule has 1 aliphatic heterocycles. The third kappa shape index (κ3) is 3.06. The van der Waals surface area contributed by atoms with Gasteiger partial charge in [-0.05, 0) is 30.7 Å². The lowest BCUT2D eigenvalue weighted by atomic mass is 10.1. The summed E-state index contributed by atoms with van der Waals surface area (Å²) in [7, 11) is 0. The van der Waals surface area contributed by atoms with Crippen molar-refractivity contribution in [2.75, 3.05) is 6.79 Å². The molecule has 0 fully saturated rings. The molecule has 6 heteroatoms. The second-order valence-electron chi connectivity index (χ2n) is 5.75. The standard InChI is InChI=1S/C19H16N2O4/c1-12(13-5-3-2-4-6-13)20-19(22)15-10-17(25-21-15)14-7-8-16-18(9-14)24-11-23-16/h2-10,12H,11H2,1H3,(H,20,22)/t12-/m0/s1. The molecule has 2 aromatic carbocycles. The summed E-state index contributed by atoms with van der Waals surface area (Å²) in [4.78, 5) is 12.4. The molecule has 1 aliphatic rings. The SMILES string of the molecule is C[C@H](NC(=O)c1cc(-c2ccc3c(c2)OCO3)on1)c1ccccc1. The molecule has 3 aromatic rings. The number of aromatic nitrogens is 1. The summed E-state index contributed by atoms with van der Waals surface area (Å²) in [6.07, 6.45) is 0. The van der Waals surface area contributed by atoms with E-state index >= 15 is 0 Å². The van der Waals surface area contributed by atoms with E-state index in [2.05, 4.69) is 10.5 Å². The summed E-state index contributed by atoms with van der Waals surface area (Å²) in [5.41, 5.74) is 2.03. The number of hydrogen-bond donors (Lipinski definition) is 1. The van der Waals surface area contributed by atoms with Crippen LogP contribution in [0.5, 0.6) is 11.5 Å². The van der Waals surface area contributed by atoms with Gasteiger partial charge < -0.3 is 19.3 Å². The first kappa shape index (κ1) is 15.3. The van der Waals surface area contributed by atoms with Crippen molar-refractivity contribution in [1.29, 1.82) is 0 Å². The number of ether oxygens (including phenoxy) is 2. The highest BCUT2D eigenvalue weighted by Crippen LogP contribution is 2.36. The molecule has 0 bridgehead atoms. The molecule has 1 aromatic heterocycles. The second-order valence-corrected chi connectivity index (χ2v) is 5.75. The van der Waals surface area contributed by atoms with E-state index in [1.165, 1.54) is 0 Å². The van der Waals surface area contributed by atoms with E-state index in [-0.39, 0.29) is 24.4 Å². The lowest BCUT2D eigenvalue weighted by Crippen LogP contribution is -2.26. The van der Waals surface area contributed by atoms with E-state index in [0.717, 1.165) is 11.1 Å². The van der Waals surface area contributed by atoms with Crippen molar-refractivity contribution in [3.63, 3.8) is 0 Å². The van der Waals surface area contributed by atoms with Crippen molar-refractivity contribution in [2.24, 2.45) is 0 Å². The quantitative estimate of drug-likeness (QED) is 0.788. The van der Waals surface area contributed by atoms with Crippen LogP contribution in [0, 0.1) is 0 Å². The van der Waals surface area contributed by atoms with Crippen molar-refractivity contribution in [1.82, 2.24) is 10.5 Å². The molecule has 0 aliphatic carbocycles. The molecular formula is C19H16N2O4. The van der Waals surface area contributed by atoms with E-state index in [1.807, 2.05) is 43.3 Å². The van der Waals surface area contributed by atoms with Crippen LogP contribution in [-0.4, -0.2) is 17.9 Å². The van der Waals surface area contributed by atoms with E-state index in [1.54, 1.807) is 18.2 Å². The molecule has 25 heavy (non-hydrogen) atoms. The average molecular weight is 336 g/mol. The second kappa shape index (κ2) is 6.32. The molecule has 4 rings (SSSR count). The van der Waals surface area contributed by atoms with E-state index in [9.17, 15) is 4.79 Å². The Morgan fingerprint density at radius 1 is 1.08 bits per heavy atom. The van der Waals surface area contributed by atoms with Crippen LogP contribution in [0.2, 0.25) is 0 Å². The lowest BCUT2D eigenvalue weighted by molar-refractivity contribution is 0.0931. The van der Waals surface area contributed by atoms with E-state index in [4.69, 9.17) is 14.0 Å². The maximum Gasteiger partial charge on any atom is 0.273 e. The predicted octanol–water partition coefficient (Wildman–Crippen LogP) is 3.56. The fraction of sp³-hybridized carbons (Fsp3) is 0.158. The fourth-order valence-electron chi connectivity index (χ4n) is 2.66. The molecule has 6 nitrogen and oxygen atoms in total. The Labute approximate surface area is 144 Å². The Morgan fingerprint density at radius 2 is 1.88 bits per heavy atom. The van der Waals surface area contributed by atoms with Gasteiger partial charge in [0.25, 0.3) is 5.91 Å². The van der Waals surface area contributed by atoms with Gasteiger partial charge in [-0.1, -0.05) is 35.5 Å². The van der Waals surface area contributed by atoms with Crippen LogP contribution >= 0.6 is 0 Å². The number of carbonyl (C=O) groups is 1. The molecule has 0 spiro atoms. The number of amides is 1. The summed E-state index contributed by atoms with van der Waals surface area (Å²) >= 11 is 0. The van der Waals surface area contributed by atoms with Gasteiger partial charge in [0.1, 0.15) is 0 Å². The third-order valence-electron chi connectivity index (χ3n) is 4.05. The van der Waals surface area contributed by atoms with Gasteiger partial charge in [0.2, 0.25) is 6.79 Å². The largest absolute Gasteiger partial charge is 0.454 e. The van der Waals surface area contributed by atoms with Crippen molar-refractivity contribution < 1.29 is 18.8 Å². The van der Waals surface area contributed by atoms with Crippen LogP contribution in [0.1, 0.15) is 29.0 Å². The first-order valence-corrected chi connectivity index (χ1v) is 7.93. The number of fused-ring (bicyclic) bond motifs is 1. The Balaban J connectivity index is 1.50. The molecule has 126 valence electrons. The van der Waals surface area contributed by atoms with Crippen molar-refractivity contribution in [3.8, 4) is 22.8 Å². The minimum absolute atomic E-state index is 0.126. The predicted molar refractivity (Wildman–Crippen MR) is 90.4 cm³/mol. The Hall–Kier alpha value is -3.28. The van der Waals surface area contributed by atoms with Gasteiger partial charge >= 0.3 is 0 Å². The maximum absolute atomic E-state index is 12.4. The minimum atomic E-state index is -0.285. The zero-order valence-electron chi connectivity index (χ0n) is 13.6. The zero-order valence-corrected chi connectivity index (χ0v) is 13.6. The molecule has 0 saturated heterocycles. The number of nitrogens with zero attached hydrogens (tertiary/aromatic N) is 1. The van der Waals surface area contributed by atoms with Gasteiger partial charge in [-0.15, -0.1) is 0 Å². The topological polar surface area (TPSA) is 73.6 Å². The van der Waals surface area contributed by atoms with E-state index in [0.29, 0.717) is 17.3 Å². The average Bonchev–Trinajstić information content (AvgIpc) is 3.31. The van der Waals surface area contributed by atoms with Crippen LogP contribution in [-0.2, 0) is 0 Å². The highest BCUT2D eigenvalue weighted by atomic mass is 16.7. The van der Waals surface area contributed by atoms with Gasteiger partial charge in [-0.3, -0.25) is 4.79 Å². The first-order chi connectivity index (χ1) is 12.2. The molecule has 1 N–H and O–H groups in total. The summed E-state index contributed by atoms with van der Waals surface area (Å²) in [5.74, 6) is 1.55. The first-order valence-electron chi connectivity index (χ1n) is 7.93. The van der Waals surface area contributed by atoms with Crippen LogP contribution < -0.4 is 14.8 Å². The maximum atomic E-state index is 12.4. The summed E-state index contributed by atoms with van der Waals surface area (Å²) in [5, 5.41) is 6.79. The van der Waals surface area contributed by atoms with Crippen molar-refractivity contribution >= 4 is 5.91 Å². The number of hydrogen-bond acceptors (Lipinski definition) is 5. The molecule has 1 amide bonds. The molecule has 0 radical (unpaired) electrons. The van der Waals surface area contributed by atoms with Crippen LogP contribution in [0.3, 0.4) is 0 Å². The van der Waals surface area contributed by atoms with Crippen LogP contribution in [0.25, 0.3) is 11.3 Å². The third-order valence-corrected chi connectivity index (χ3v) is 4.05. The summed E-state index contributed by atoms with van der Waals surface area (Å²) in [6, 6.07) is 16.7. The highest BCUT2D eigenvalue weighted by Gasteiger charge is 2.19. The molecular weight excluding hydrogens is 320 g/mol. The monoisotopic (exact) mass is 336 g/mol. The smallest absolute Gasteiger partial charge is 0.273 e. The summed E-state index contributed by atoms with van der Waals surface area (Å²) < 4.78 is 16.0. The number of carbonyl (C=O) groups excluding carboxylic acids is 1. The van der Waals surface area contributed by atoms with Gasteiger partial charge in [0.15, 0.2) is 23.0 Å².